The third-order valence-electron chi connectivity index (χ3n) is 6.50. The van der Waals surface area contributed by atoms with Crippen molar-refractivity contribution in [1.82, 2.24) is 20.0 Å². The molecular weight excluding hydrogens is 408 g/mol. The number of methoxy groups -OCH3 is 1. The van der Waals surface area contributed by atoms with Gasteiger partial charge >= 0.3 is 0 Å². The molecule has 1 amide bonds. The first-order chi connectivity index (χ1) is 15.6. The van der Waals surface area contributed by atoms with Gasteiger partial charge in [-0.3, -0.25) is 4.79 Å². The summed E-state index contributed by atoms with van der Waals surface area (Å²) in [5.74, 6) is 1.88. The van der Waals surface area contributed by atoms with E-state index in [9.17, 15) is 4.79 Å². The van der Waals surface area contributed by atoms with Crippen LogP contribution in [-0.4, -0.2) is 72.3 Å². The van der Waals surface area contributed by atoms with Crippen LogP contribution in [0.15, 0.2) is 35.1 Å². The zero-order valence-electron chi connectivity index (χ0n) is 18.5. The Hall–Kier alpha value is -3.36. The number of piperazine rings is 1. The van der Waals surface area contributed by atoms with Crippen molar-refractivity contribution in [3.05, 3.63) is 36.3 Å². The summed E-state index contributed by atoms with van der Waals surface area (Å²) in [6, 6.07) is 8.09. The number of benzene rings is 1. The van der Waals surface area contributed by atoms with E-state index in [1.165, 1.54) is 6.33 Å². The van der Waals surface area contributed by atoms with Crippen molar-refractivity contribution in [3.8, 4) is 5.75 Å². The van der Waals surface area contributed by atoms with Crippen molar-refractivity contribution in [2.24, 2.45) is 5.92 Å². The molecule has 4 heterocycles. The van der Waals surface area contributed by atoms with E-state index in [0.717, 1.165) is 73.9 Å². The van der Waals surface area contributed by atoms with Crippen molar-refractivity contribution in [3.63, 3.8) is 0 Å². The average molecular weight is 437 g/mol. The third-order valence-corrected chi connectivity index (χ3v) is 6.50. The zero-order chi connectivity index (χ0) is 22.1. The first-order valence-electron chi connectivity index (χ1n) is 11.1. The molecule has 0 spiro atoms. The molecular formula is C23H28N6O3. The summed E-state index contributed by atoms with van der Waals surface area (Å²) in [6.45, 7) is 6.52. The van der Waals surface area contributed by atoms with Gasteiger partial charge in [0.05, 0.1) is 18.7 Å². The van der Waals surface area contributed by atoms with Gasteiger partial charge in [-0.05, 0) is 31.9 Å². The molecule has 2 fully saturated rings. The molecule has 0 aliphatic carbocycles. The summed E-state index contributed by atoms with van der Waals surface area (Å²) >= 11 is 0. The van der Waals surface area contributed by atoms with E-state index < -0.39 is 0 Å². The topological polar surface area (TPSA) is 87.8 Å². The molecule has 1 unspecified atom stereocenters. The number of hydrogen-bond donors (Lipinski definition) is 0. The summed E-state index contributed by atoms with van der Waals surface area (Å²) < 4.78 is 10.6. The van der Waals surface area contributed by atoms with Crippen LogP contribution in [0.1, 0.15) is 18.5 Å². The minimum absolute atomic E-state index is 0.0303. The lowest BCUT2D eigenvalue weighted by molar-refractivity contribution is -0.136. The largest absolute Gasteiger partial charge is 0.497 e. The molecule has 0 N–H and O–H groups in total. The lowest BCUT2D eigenvalue weighted by Crippen LogP contribution is -2.52. The maximum atomic E-state index is 13.4. The molecule has 3 aromatic rings. The number of piperidine rings is 1. The van der Waals surface area contributed by atoms with Gasteiger partial charge in [-0.2, -0.15) is 4.98 Å². The predicted octanol–water partition coefficient (Wildman–Crippen LogP) is 2.50. The number of aromatic nitrogens is 3. The van der Waals surface area contributed by atoms with Crippen LogP contribution in [0, 0.1) is 12.8 Å². The summed E-state index contributed by atoms with van der Waals surface area (Å²) in [4.78, 5) is 28.5. The van der Waals surface area contributed by atoms with Crippen LogP contribution in [-0.2, 0) is 4.79 Å². The van der Waals surface area contributed by atoms with Gasteiger partial charge in [0.25, 0.3) is 5.71 Å². The fourth-order valence-corrected chi connectivity index (χ4v) is 4.77. The first kappa shape index (κ1) is 20.5. The molecule has 2 saturated heterocycles. The Bertz CT molecular complexity index is 1110. The van der Waals surface area contributed by atoms with Gasteiger partial charge < -0.3 is 24.0 Å². The zero-order valence-corrected chi connectivity index (χ0v) is 18.5. The molecule has 1 atom stereocenters. The number of hydrogen-bond acceptors (Lipinski definition) is 8. The molecule has 1 aromatic carbocycles. The van der Waals surface area contributed by atoms with Gasteiger partial charge in [0.1, 0.15) is 23.3 Å². The highest BCUT2D eigenvalue weighted by Crippen LogP contribution is 2.30. The molecule has 0 bridgehead atoms. The third kappa shape index (κ3) is 3.83. The van der Waals surface area contributed by atoms with Crippen molar-refractivity contribution in [2.75, 3.05) is 56.2 Å². The maximum Gasteiger partial charge on any atom is 0.263 e. The van der Waals surface area contributed by atoms with Gasteiger partial charge in [-0.15, -0.1) is 0 Å². The minimum atomic E-state index is -0.0303. The van der Waals surface area contributed by atoms with Crippen LogP contribution in [0.5, 0.6) is 5.75 Å². The number of carbonyl (C=O) groups is 1. The lowest BCUT2D eigenvalue weighted by Gasteiger charge is -2.40. The Labute approximate surface area is 186 Å². The van der Waals surface area contributed by atoms with Crippen molar-refractivity contribution in [1.29, 1.82) is 0 Å². The second-order valence-corrected chi connectivity index (χ2v) is 8.44. The monoisotopic (exact) mass is 436 g/mol. The number of amides is 1. The maximum absolute atomic E-state index is 13.4. The summed E-state index contributed by atoms with van der Waals surface area (Å²) in [6.07, 6.45) is 3.36. The number of fused-ring (bicyclic) bond motifs is 1. The Morgan fingerprint density at radius 1 is 1.12 bits per heavy atom. The molecule has 168 valence electrons. The molecule has 5 rings (SSSR count). The Balaban J connectivity index is 1.24. The Morgan fingerprint density at radius 2 is 1.97 bits per heavy atom. The van der Waals surface area contributed by atoms with Gasteiger partial charge in [0.15, 0.2) is 0 Å². The highest BCUT2D eigenvalue weighted by molar-refractivity contribution is 5.88. The molecule has 2 aliphatic rings. The van der Waals surface area contributed by atoms with E-state index in [-0.39, 0.29) is 11.8 Å². The van der Waals surface area contributed by atoms with E-state index in [4.69, 9.17) is 9.26 Å². The second kappa shape index (κ2) is 8.64. The smallest absolute Gasteiger partial charge is 0.263 e. The van der Waals surface area contributed by atoms with Gasteiger partial charge in [-0.25, -0.2) is 4.98 Å². The molecule has 2 aliphatic heterocycles. The molecule has 0 radical (unpaired) electrons. The fraction of sp³-hybridized carbons (Fsp3) is 0.478. The minimum Gasteiger partial charge on any atom is -0.497 e. The summed E-state index contributed by atoms with van der Waals surface area (Å²) in [7, 11) is 1.68. The summed E-state index contributed by atoms with van der Waals surface area (Å²) in [5, 5.41) is 4.87. The Morgan fingerprint density at radius 3 is 2.78 bits per heavy atom. The predicted molar refractivity (Wildman–Crippen MR) is 121 cm³/mol. The van der Waals surface area contributed by atoms with E-state index in [2.05, 4.69) is 31.0 Å². The number of nitrogens with zero attached hydrogens (tertiary/aromatic N) is 6. The van der Waals surface area contributed by atoms with Crippen LogP contribution in [0.25, 0.3) is 11.1 Å². The standard InChI is InChI=1S/C23H28N6O3/c1-16-20-21(24-15-25-22(20)32-26-16)29-8-4-5-17(14-29)23(30)28-11-9-27(10-12-28)18-6-3-7-19(13-18)31-2/h3,6-7,13,15,17H,4-5,8-12,14H2,1-2H3. The quantitative estimate of drug-likeness (QED) is 0.617. The molecule has 2 aromatic heterocycles. The highest BCUT2D eigenvalue weighted by atomic mass is 16.5. The van der Waals surface area contributed by atoms with Gasteiger partial charge in [0, 0.05) is 51.0 Å². The number of aryl methyl sites for hydroxylation is 1. The van der Waals surface area contributed by atoms with E-state index >= 15 is 0 Å². The average Bonchev–Trinajstić information content (AvgIpc) is 3.25. The number of carbonyl (C=O) groups excluding carboxylic acids is 1. The lowest BCUT2D eigenvalue weighted by atomic mass is 9.96. The number of ether oxygens (including phenoxy) is 1. The van der Waals surface area contributed by atoms with Gasteiger partial charge in [0.2, 0.25) is 5.91 Å². The van der Waals surface area contributed by atoms with Crippen LogP contribution in [0.4, 0.5) is 11.5 Å². The van der Waals surface area contributed by atoms with Crippen LogP contribution >= 0.6 is 0 Å². The van der Waals surface area contributed by atoms with Gasteiger partial charge in [-0.1, -0.05) is 11.2 Å². The Kier molecular flexibility index (Phi) is 5.55. The van der Waals surface area contributed by atoms with Crippen molar-refractivity contribution in [2.45, 2.75) is 19.8 Å². The highest BCUT2D eigenvalue weighted by Gasteiger charge is 2.32. The first-order valence-corrected chi connectivity index (χ1v) is 11.1. The van der Waals surface area contributed by atoms with E-state index in [0.29, 0.717) is 12.3 Å². The van der Waals surface area contributed by atoms with Crippen molar-refractivity contribution < 1.29 is 14.1 Å². The van der Waals surface area contributed by atoms with E-state index in [1.807, 2.05) is 30.0 Å². The number of rotatable bonds is 4. The van der Waals surface area contributed by atoms with Crippen LogP contribution in [0.3, 0.4) is 0 Å². The molecule has 9 heteroatoms. The second-order valence-electron chi connectivity index (χ2n) is 8.44. The van der Waals surface area contributed by atoms with Crippen LogP contribution in [0.2, 0.25) is 0 Å². The summed E-state index contributed by atoms with van der Waals surface area (Å²) in [5.41, 5.74) is 2.41. The van der Waals surface area contributed by atoms with E-state index in [1.54, 1.807) is 7.11 Å². The SMILES string of the molecule is COc1cccc(N2CCN(C(=O)C3CCCN(c4ncnc5onc(C)c45)C3)CC2)c1. The fourth-order valence-electron chi connectivity index (χ4n) is 4.77. The van der Waals surface area contributed by atoms with Crippen molar-refractivity contribution >= 4 is 28.5 Å². The molecule has 0 saturated carbocycles. The molecule has 32 heavy (non-hydrogen) atoms. The number of anilines is 2. The molecule has 9 nitrogen and oxygen atoms in total. The normalized spacial score (nSPS) is 19.4. The van der Waals surface area contributed by atoms with Crippen LogP contribution < -0.4 is 14.5 Å².